The van der Waals surface area contributed by atoms with E-state index in [2.05, 4.69) is 9.97 Å². The lowest BCUT2D eigenvalue weighted by Gasteiger charge is -2.04. The van der Waals surface area contributed by atoms with Crippen LogP contribution in [0.3, 0.4) is 0 Å². The number of methoxy groups -OCH3 is 1. The van der Waals surface area contributed by atoms with Crippen LogP contribution >= 0.6 is 0 Å². The van der Waals surface area contributed by atoms with Gasteiger partial charge in [-0.05, 0) is 43.7 Å². The van der Waals surface area contributed by atoms with E-state index < -0.39 is 0 Å². The molecule has 0 radical (unpaired) electrons. The first-order valence-electron chi connectivity index (χ1n) is 5.15. The van der Waals surface area contributed by atoms with E-state index in [1.807, 2.05) is 44.3 Å². The van der Waals surface area contributed by atoms with Gasteiger partial charge in [0.25, 0.3) is 0 Å². The van der Waals surface area contributed by atoms with Crippen LogP contribution in [0.15, 0.2) is 30.5 Å². The van der Waals surface area contributed by atoms with Gasteiger partial charge in [-0.3, -0.25) is 0 Å². The van der Waals surface area contributed by atoms with Gasteiger partial charge in [0, 0.05) is 17.5 Å². The molecule has 0 amide bonds. The van der Waals surface area contributed by atoms with Gasteiger partial charge in [-0.1, -0.05) is 0 Å². The van der Waals surface area contributed by atoms with Crippen LogP contribution in [0, 0.1) is 13.8 Å². The molecular weight excluding hydrogens is 200 g/mol. The standard InChI is InChI=1S/C13H14N2O/c1-9-8-14-13(15-10(9)2)11-4-6-12(16-3)7-5-11/h4-8H,1-3H3. The molecule has 0 saturated carbocycles. The van der Waals surface area contributed by atoms with Gasteiger partial charge in [0.05, 0.1) is 7.11 Å². The number of benzene rings is 1. The van der Waals surface area contributed by atoms with Gasteiger partial charge in [0.1, 0.15) is 5.75 Å². The van der Waals surface area contributed by atoms with E-state index in [0.717, 1.165) is 28.4 Å². The molecule has 0 aliphatic carbocycles. The number of hydrogen-bond donors (Lipinski definition) is 0. The quantitative estimate of drug-likeness (QED) is 0.771. The minimum absolute atomic E-state index is 0.755. The van der Waals surface area contributed by atoms with Gasteiger partial charge in [0.2, 0.25) is 0 Å². The normalized spacial score (nSPS) is 10.2. The summed E-state index contributed by atoms with van der Waals surface area (Å²) >= 11 is 0. The summed E-state index contributed by atoms with van der Waals surface area (Å²) in [5.74, 6) is 1.60. The maximum absolute atomic E-state index is 5.11. The molecule has 3 nitrogen and oxygen atoms in total. The number of aryl methyl sites for hydroxylation is 2. The smallest absolute Gasteiger partial charge is 0.159 e. The summed E-state index contributed by atoms with van der Waals surface area (Å²) in [6, 6.07) is 7.74. The van der Waals surface area contributed by atoms with E-state index in [1.165, 1.54) is 0 Å². The highest BCUT2D eigenvalue weighted by Crippen LogP contribution is 2.19. The van der Waals surface area contributed by atoms with Gasteiger partial charge >= 0.3 is 0 Å². The molecule has 0 fully saturated rings. The number of rotatable bonds is 2. The molecule has 1 aromatic heterocycles. The molecule has 3 heteroatoms. The highest BCUT2D eigenvalue weighted by atomic mass is 16.5. The fraction of sp³-hybridized carbons (Fsp3) is 0.231. The fourth-order valence-electron chi connectivity index (χ4n) is 1.41. The SMILES string of the molecule is COc1ccc(-c2ncc(C)c(C)n2)cc1. The molecular formula is C13H14N2O. The van der Waals surface area contributed by atoms with Gasteiger partial charge in [-0.15, -0.1) is 0 Å². The molecule has 0 N–H and O–H groups in total. The van der Waals surface area contributed by atoms with Gasteiger partial charge in [-0.25, -0.2) is 9.97 Å². The van der Waals surface area contributed by atoms with E-state index in [4.69, 9.17) is 4.74 Å². The predicted octanol–water partition coefficient (Wildman–Crippen LogP) is 2.77. The third-order valence-electron chi connectivity index (χ3n) is 2.57. The highest BCUT2D eigenvalue weighted by Gasteiger charge is 2.03. The van der Waals surface area contributed by atoms with Crippen LogP contribution in [0.2, 0.25) is 0 Å². The molecule has 0 aliphatic rings. The average molecular weight is 214 g/mol. The van der Waals surface area contributed by atoms with Crippen molar-refractivity contribution in [3.05, 3.63) is 41.7 Å². The third-order valence-corrected chi connectivity index (χ3v) is 2.57. The molecule has 0 unspecified atom stereocenters. The minimum Gasteiger partial charge on any atom is -0.497 e. The lowest BCUT2D eigenvalue weighted by Crippen LogP contribution is -1.94. The van der Waals surface area contributed by atoms with Crippen LogP contribution in [-0.4, -0.2) is 17.1 Å². The Bertz CT molecular complexity index is 492. The highest BCUT2D eigenvalue weighted by molar-refractivity contribution is 5.56. The van der Waals surface area contributed by atoms with Crippen molar-refractivity contribution >= 4 is 0 Å². The Hall–Kier alpha value is -1.90. The Kier molecular flexibility index (Phi) is 2.86. The monoisotopic (exact) mass is 214 g/mol. The Balaban J connectivity index is 2.38. The van der Waals surface area contributed by atoms with Crippen molar-refractivity contribution in [3.8, 4) is 17.1 Å². The number of ether oxygens (including phenoxy) is 1. The zero-order chi connectivity index (χ0) is 11.5. The number of aromatic nitrogens is 2. The molecule has 2 aromatic rings. The summed E-state index contributed by atoms with van der Waals surface area (Å²) < 4.78 is 5.11. The molecule has 0 saturated heterocycles. The second-order valence-corrected chi connectivity index (χ2v) is 3.69. The van der Waals surface area contributed by atoms with Crippen LogP contribution in [0.1, 0.15) is 11.3 Å². The number of hydrogen-bond acceptors (Lipinski definition) is 3. The zero-order valence-corrected chi connectivity index (χ0v) is 9.69. The molecule has 16 heavy (non-hydrogen) atoms. The van der Waals surface area contributed by atoms with Crippen LogP contribution in [0.25, 0.3) is 11.4 Å². The zero-order valence-electron chi connectivity index (χ0n) is 9.69. The van der Waals surface area contributed by atoms with Crippen molar-refractivity contribution in [2.24, 2.45) is 0 Å². The lowest BCUT2D eigenvalue weighted by atomic mass is 10.2. The van der Waals surface area contributed by atoms with E-state index in [-0.39, 0.29) is 0 Å². The third kappa shape index (κ3) is 2.03. The summed E-state index contributed by atoms with van der Waals surface area (Å²) in [6.07, 6.45) is 1.85. The van der Waals surface area contributed by atoms with E-state index in [0.29, 0.717) is 0 Å². The first-order chi connectivity index (χ1) is 7.70. The molecule has 1 heterocycles. The van der Waals surface area contributed by atoms with Crippen LogP contribution in [0.5, 0.6) is 5.75 Å². The van der Waals surface area contributed by atoms with Crippen LogP contribution < -0.4 is 4.74 Å². The average Bonchev–Trinajstić information content (AvgIpc) is 2.33. The van der Waals surface area contributed by atoms with Crippen molar-refractivity contribution in [1.29, 1.82) is 0 Å². The number of nitrogens with zero attached hydrogens (tertiary/aromatic N) is 2. The maximum Gasteiger partial charge on any atom is 0.159 e. The van der Waals surface area contributed by atoms with Gasteiger partial charge < -0.3 is 4.74 Å². The van der Waals surface area contributed by atoms with Crippen molar-refractivity contribution in [2.45, 2.75) is 13.8 Å². The maximum atomic E-state index is 5.11. The Labute approximate surface area is 95.1 Å². The first kappa shape index (κ1) is 10.6. The summed E-state index contributed by atoms with van der Waals surface area (Å²) in [5.41, 5.74) is 3.13. The second-order valence-electron chi connectivity index (χ2n) is 3.69. The molecule has 2 rings (SSSR count). The Morgan fingerprint density at radius 1 is 1.06 bits per heavy atom. The Morgan fingerprint density at radius 2 is 1.75 bits per heavy atom. The minimum atomic E-state index is 0.755. The summed E-state index contributed by atoms with van der Waals surface area (Å²) in [6.45, 7) is 4.00. The van der Waals surface area contributed by atoms with Crippen molar-refractivity contribution in [3.63, 3.8) is 0 Å². The molecule has 0 aliphatic heterocycles. The van der Waals surface area contributed by atoms with Crippen molar-refractivity contribution in [2.75, 3.05) is 7.11 Å². The van der Waals surface area contributed by atoms with Gasteiger partial charge in [-0.2, -0.15) is 0 Å². The molecule has 0 bridgehead atoms. The predicted molar refractivity (Wildman–Crippen MR) is 63.5 cm³/mol. The largest absolute Gasteiger partial charge is 0.497 e. The van der Waals surface area contributed by atoms with Crippen molar-refractivity contribution < 1.29 is 4.74 Å². The molecule has 82 valence electrons. The summed E-state index contributed by atoms with van der Waals surface area (Å²) in [4.78, 5) is 8.76. The van der Waals surface area contributed by atoms with E-state index in [1.54, 1.807) is 7.11 Å². The van der Waals surface area contributed by atoms with E-state index >= 15 is 0 Å². The van der Waals surface area contributed by atoms with Crippen LogP contribution in [-0.2, 0) is 0 Å². The molecule has 0 atom stereocenters. The summed E-state index contributed by atoms with van der Waals surface area (Å²) in [5, 5.41) is 0. The lowest BCUT2D eigenvalue weighted by molar-refractivity contribution is 0.415. The van der Waals surface area contributed by atoms with E-state index in [9.17, 15) is 0 Å². The Morgan fingerprint density at radius 3 is 2.31 bits per heavy atom. The molecule has 0 spiro atoms. The first-order valence-corrected chi connectivity index (χ1v) is 5.15. The fourth-order valence-corrected chi connectivity index (χ4v) is 1.41. The van der Waals surface area contributed by atoms with Crippen LogP contribution in [0.4, 0.5) is 0 Å². The second kappa shape index (κ2) is 4.31. The summed E-state index contributed by atoms with van der Waals surface area (Å²) in [7, 11) is 1.65. The topological polar surface area (TPSA) is 35.0 Å². The molecule has 1 aromatic carbocycles. The van der Waals surface area contributed by atoms with Crippen molar-refractivity contribution in [1.82, 2.24) is 9.97 Å². The van der Waals surface area contributed by atoms with Gasteiger partial charge in [0.15, 0.2) is 5.82 Å².